The minimum absolute atomic E-state index is 0.325. The van der Waals surface area contributed by atoms with E-state index in [0.29, 0.717) is 19.6 Å². The Labute approximate surface area is 78.6 Å². The lowest BCUT2D eigenvalue weighted by Gasteiger charge is -2.17. The summed E-state index contributed by atoms with van der Waals surface area (Å²) in [5.41, 5.74) is 0. The highest BCUT2D eigenvalue weighted by molar-refractivity contribution is 6.35. The van der Waals surface area contributed by atoms with E-state index in [1.165, 1.54) is 11.0 Å². The molecule has 0 unspecified atom stereocenters. The van der Waals surface area contributed by atoms with Crippen molar-refractivity contribution in [2.24, 2.45) is 0 Å². The van der Waals surface area contributed by atoms with Crippen LogP contribution in [0, 0.1) is 0 Å². The van der Waals surface area contributed by atoms with Crippen LogP contribution in [0.4, 0.5) is 0 Å². The molecule has 4 heteroatoms. The van der Waals surface area contributed by atoms with E-state index in [2.05, 4.69) is 11.9 Å². The number of carbonyl (C=O) groups is 2. The van der Waals surface area contributed by atoms with Gasteiger partial charge in [-0.25, -0.2) is 0 Å². The van der Waals surface area contributed by atoms with Gasteiger partial charge in [0.25, 0.3) is 0 Å². The highest BCUT2D eigenvalue weighted by Gasteiger charge is 2.17. The van der Waals surface area contributed by atoms with Crippen LogP contribution in [0.25, 0.3) is 0 Å². The molecule has 0 radical (unpaired) electrons. The van der Waals surface area contributed by atoms with Crippen LogP contribution in [0.15, 0.2) is 12.7 Å². The number of hydrogen-bond donors (Lipinski definition) is 1. The van der Waals surface area contributed by atoms with E-state index in [-0.39, 0.29) is 0 Å². The molecular formula is C9H16N2O2. The summed E-state index contributed by atoms with van der Waals surface area (Å²) in [6, 6.07) is 0. The molecule has 0 aliphatic carbocycles. The lowest BCUT2D eigenvalue weighted by Crippen LogP contribution is -2.42. The lowest BCUT2D eigenvalue weighted by molar-refractivity contribution is -0.145. The molecule has 0 heterocycles. The zero-order valence-corrected chi connectivity index (χ0v) is 8.17. The fraction of sp³-hybridized carbons (Fsp3) is 0.556. The molecule has 0 aromatic carbocycles. The summed E-state index contributed by atoms with van der Waals surface area (Å²) < 4.78 is 0. The van der Waals surface area contributed by atoms with E-state index in [1.807, 2.05) is 13.8 Å². The molecule has 13 heavy (non-hydrogen) atoms. The molecule has 4 nitrogen and oxygen atoms in total. The van der Waals surface area contributed by atoms with Crippen molar-refractivity contribution in [3.8, 4) is 0 Å². The van der Waals surface area contributed by atoms with Gasteiger partial charge in [-0.1, -0.05) is 6.08 Å². The first kappa shape index (κ1) is 11.7. The molecule has 0 rings (SSSR count). The Morgan fingerprint density at radius 2 is 1.92 bits per heavy atom. The van der Waals surface area contributed by atoms with Crippen molar-refractivity contribution < 1.29 is 9.59 Å². The largest absolute Gasteiger partial charge is 0.344 e. The van der Waals surface area contributed by atoms with Gasteiger partial charge in [0.05, 0.1) is 0 Å². The average molecular weight is 184 g/mol. The Morgan fingerprint density at radius 3 is 2.31 bits per heavy atom. The van der Waals surface area contributed by atoms with Gasteiger partial charge in [-0.3, -0.25) is 9.59 Å². The van der Waals surface area contributed by atoms with Gasteiger partial charge in [0.1, 0.15) is 0 Å². The zero-order valence-electron chi connectivity index (χ0n) is 8.17. The number of nitrogens with zero attached hydrogens (tertiary/aromatic N) is 1. The van der Waals surface area contributed by atoms with Crippen LogP contribution in [0.1, 0.15) is 13.8 Å². The number of amides is 2. The molecule has 0 saturated heterocycles. The Balaban J connectivity index is 4.07. The quantitative estimate of drug-likeness (QED) is 0.499. The Bertz CT molecular complexity index is 198. The standard InChI is InChI=1S/C9H16N2O2/c1-4-7-10-8(12)9(13)11(5-2)6-3/h4H,1,5-7H2,2-3H3,(H,10,12). The predicted molar refractivity (Wildman–Crippen MR) is 51.1 cm³/mol. The lowest BCUT2D eigenvalue weighted by atomic mass is 10.4. The number of rotatable bonds is 4. The topological polar surface area (TPSA) is 49.4 Å². The molecule has 0 aromatic heterocycles. The molecule has 0 spiro atoms. The van der Waals surface area contributed by atoms with Crippen molar-refractivity contribution >= 4 is 11.8 Å². The average Bonchev–Trinajstić information content (AvgIpc) is 2.15. The summed E-state index contributed by atoms with van der Waals surface area (Å²) in [5, 5.41) is 2.43. The van der Waals surface area contributed by atoms with Crippen molar-refractivity contribution in [1.82, 2.24) is 10.2 Å². The smallest absolute Gasteiger partial charge is 0.311 e. The first-order chi connectivity index (χ1) is 6.17. The molecule has 74 valence electrons. The fourth-order valence-corrected chi connectivity index (χ4v) is 0.895. The van der Waals surface area contributed by atoms with Gasteiger partial charge in [-0.15, -0.1) is 6.58 Å². The summed E-state index contributed by atoms with van der Waals surface area (Å²) in [6.45, 7) is 8.54. The summed E-state index contributed by atoms with van der Waals surface area (Å²) in [4.78, 5) is 23.9. The second-order valence-corrected chi connectivity index (χ2v) is 2.48. The number of nitrogens with one attached hydrogen (secondary N) is 1. The molecule has 0 bridgehead atoms. The van der Waals surface area contributed by atoms with Gasteiger partial charge >= 0.3 is 11.8 Å². The van der Waals surface area contributed by atoms with Crippen LogP contribution in [0.3, 0.4) is 0 Å². The van der Waals surface area contributed by atoms with Crippen molar-refractivity contribution in [3.05, 3.63) is 12.7 Å². The first-order valence-electron chi connectivity index (χ1n) is 4.35. The summed E-state index contributed by atoms with van der Waals surface area (Å²) in [6.07, 6.45) is 1.54. The maximum atomic E-state index is 11.3. The van der Waals surface area contributed by atoms with E-state index in [4.69, 9.17) is 0 Å². The Kier molecular flexibility index (Phi) is 5.59. The van der Waals surface area contributed by atoms with Crippen molar-refractivity contribution in [3.63, 3.8) is 0 Å². The van der Waals surface area contributed by atoms with Crippen molar-refractivity contribution in [2.45, 2.75) is 13.8 Å². The van der Waals surface area contributed by atoms with Crippen LogP contribution in [0.5, 0.6) is 0 Å². The third-order valence-electron chi connectivity index (χ3n) is 1.65. The molecule has 0 aromatic rings. The van der Waals surface area contributed by atoms with Crippen LogP contribution < -0.4 is 5.32 Å². The Hall–Kier alpha value is -1.32. The fourth-order valence-electron chi connectivity index (χ4n) is 0.895. The molecule has 0 aliphatic heterocycles. The van der Waals surface area contributed by atoms with Crippen LogP contribution in [-0.4, -0.2) is 36.3 Å². The number of hydrogen-bond acceptors (Lipinski definition) is 2. The van der Waals surface area contributed by atoms with Crippen LogP contribution in [0.2, 0.25) is 0 Å². The van der Waals surface area contributed by atoms with Crippen molar-refractivity contribution in [2.75, 3.05) is 19.6 Å². The first-order valence-corrected chi connectivity index (χ1v) is 4.35. The van der Waals surface area contributed by atoms with E-state index in [1.54, 1.807) is 0 Å². The maximum Gasteiger partial charge on any atom is 0.311 e. The summed E-state index contributed by atoms with van der Waals surface area (Å²) >= 11 is 0. The number of carbonyl (C=O) groups excluding carboxylic acids is 2. The maximum absolute atomic E-state index is 11.3. The normalized spacial score (nSPS) is 9.08. The minimum atomic E-state index is -0.566. The third-order valence-corrected chi connectivity index (χ3v) is 1.65. The molecule has 0 atom stereocenters. The Morgan fingerprint density at radius 1 is 1.38 bits per heavy atom. The van der Waals surface area contributed by atoms with Gasteiger partial charge in [-0.05, 0) is 13.8 Å². The second-order valence-electron chi connectivity index (χ2n) is 2.48. The van der Waals surface area contributed by atoms with Crippen molar-refractivity contribution in [1.29, 1.82) is 0 Å². The SMILES string of the molecule is C=CCNC(=O)C(=O)N(CC)CC. The van der Waals surface area contributed by atoms with Crippen LogP contribution >= 0.6 is 0 Å². The van der Waals surface area contributed by atoms with Crippen LogP contribution in [-0.2, 0) is 9.59 Å². The highest BCUT2D eigenvalue weighted by Crippen LogP contribution is 1.88. The van der Waals surface area contributed by atoms with E-state index < -0.39 is 11.8 Å². The van der Waals surface area contributed by atoms with Gasteiger partial charge in [0.15, 0.2) is 0 Å². The van der Waals surface area contributed by atoms with E-state index >= 15 is 0 Å². The minimum Gasteiger partial charge on any atom is -0.344 e. The van der Waals surface area contributed by atoms with Gasteiger partial charge in [0, 0.05) is 19.6 Å². The molecule has 2 amide bonds. The molecule has 1 N–H and O–H groups in total. The predicted octanol–water partition coefficient (Wildman–Crippen LogP) is 0.157. The molecule has 0 aliphatic rings. The summed E-state index contributed by atoms with van der Waals surface area (Å²) in [7, 11) is 0. The number of likely N-dealkylation sites (N-methyl/N-ethyl adjacent to an activating group) is 1. The molecule has 0 saturated carbocycles. The zero-order chi connectivity index (χ0) is 10.3. The van der Waals surface area contributed by atoms with Gasteiger partial charge < -0.3 is 10.2 Å². The third kappa shape index (κ3) is 3.73. The second kappa shape index (κ2) is 6.22. The molecule has 0 fully saturated rings. The highest BCUT2D eigenvalue weighted by atomic mass is 16.2. The monoisotopic (exact) mass is 184 g/mol. The summed E-state index contributed by atoms with van der Waals surface area (Å²) in [5.74, 6) is -1.05. The van der Waals surface area contributed by atoms with E-state index in [0.717, 1.165) is 0 Å². The van der Waals surface area contributed by atoms with Gasteiger partial charge in [0.2, 0.25) is 0 Å². The van der Waals surface area contributed by atoms with Gasteiger partial charge in [-0.2, -0.15) is 0 Å². The van der Waals surface area contributed by atoms with E-state index in [9.17, 15) is 9.59 Å². The molecular weight excluding hydrogens is 168 g/mol.